The summed E-state index contributed by atoms with van der Waals surface area (Å²) in [5.74, 6) is -0.666. The first-order valence-corrected chi connectivity index (χ1v) is 16.6. The number of rotatable bonds is 10. The molecule has 0 aliphatic carbocycles. The summed E-state index contributed by atoms with van der Waals surface area (Å²) in [4.78, 5) is 39.2. The van der Waals surface area contributed by atoms with Gasteiger partial charge in [0, 0.05) is 23.7 Å². The van der Waals surface area contributed by atoms with Crippen molar-refractivity contribution in [3.8, 4) is 0 Å². The Morgan fingerprint density at radius 2 is 1.76 bits per heavy atom. The van der Waals surface area contributed by atoms with Crippen LogP contribution in [0.2, 0.25) is 0 Å². The van der Waals surface area contributed by atoms with Crippen LogP contribution in [0.5, 0.6) is 0 Å². The number of amidine groups is 1. The highest BCUT2D eigenvalue weighted by Crippen LogP contribution is 2.61. The van der Waals surface area contributed by atoms with Crippen molar-refractivity contribution in [1.29, 1.82) is 5.41 Å². The molecule has 0 radical (unpaired) electrons. The zero-order valence-electron chi connectivity index (χ0n) is 23.7. The van der Waals surface area contributed by atoms with E-state index in [4.69, 9.17) is 29.7 Å². The second-order valence-electron chi connectivity index (χ2n) is 10.9. The Labute approximate surface area is 258 Å². The number of ether oxygens (including phenoxy) is 2. The molecule has 3 aliphatic heterocycles. The smallest absolute Gasteiger partial charge is 0.388 e. The summed E-state index contributed by atoms with van der Waals surface area (Å²) in [5, 5.41) is 50.4. The first-order chi connectivity index (χ1) is 21.6. The Balaban J connectivity index is 1.05. The number of fused-ring (bicyclic) bond motifs is 2. The number of aromatic amines is 1. The number of phosphoric ester groups is 2. The topological polar surface area (TPSA) is 323 Å². The van der Waals surface area contributed by atoms with E-state index in [9.17, 15) is 39.3 Å². The number of anilines is 1. The summed E-state index contributed by atoms with van der Waals surface area (Å²) in [7, 11) is -10.7. The lowest BCUT2D eigenvalue weighted by Crippen LogP contribution is -2.43. The van der Waals surface area contributed by atoms with Crippen LogP contribution < -0.4 is 5.73 Å². The molecule has 10 N–H and O–H groups in total. The first-order valence-electron chi connectivity index (χ1n) is 13.6. The molecule has 2 fully saturated rings. The van der Waals surface area contributed by atoms with Gasteiger partial charge in [-0.1, -0.05) is 0 Å². The number of nitrogens with zero attached hydrogens (tertiary/aromatic N) is 5. The third-order valence-electron chi connectivity index (χ3n) is 7.98. The molecule has 0 amide bonds. The van der Waals surface area contributed by atoms with E-state index in [0.717, 1.165) is 6.33 Å². The van der Waals surface area contributed by atoms with Crippen molar-refractivity contribution in [3.63, 3.8) is 0 Å². The number of nitrogens with one attached hydrogen (secondary N) is 2. The van der Waals surface area contributed by atoms with Gasteiger partial charge in [-0.3, -0.25) is 19.0 Å². The molecule has 6 rings (SSSR count). The van der Waals surface area contributed by atoms with Crippen molar-refractivity contribution in [2.75, 3.05) is 18.9 Å². The van der Waals surface area contributed by atoms with Crippen LogP contribution in [-0.2, 0) is 37.7 Å². The number of nitrogen functional groups attached to an aromatic ring is 1. The highest BCUT2D eigenvalue weighted by atomic mass is 31.3. The van der Waals surface area contributed by atoms with Gasteiger partial charge in [0.1, 0.15) is 48.5 Å². The van der Waals surface area contributed by atoms with Gasteiger partial charge >= 0.3 is 15.6 Å². The van der Waals surface area contributed by atoms with Crippen LogP contribution in [0.3, 0.4) is 0 Å². The number of aliphatic hydroxyl groups excluding tert-OH is 4. The fraction of sp³-hybridized carbons (Fsp3) is 0.522. The molecule has 3 aromatic rings. The van der Waals surface area contributed by atoms with Crippen LogP contribution in [0.4, 0.5) is 5.82 Å². The molecule has 6 heterocycles. The molecular formula is C23H30N8O13P2. The fourth-order valence-electron chi connectivity index (χ4n) is 5.61. The van der Waals surface area contributed by atoms with Gasteiger partial charge in [-0.25, -0.2) is 29.1 Å². The minimum Gasteiger partial charge on any atom is -0.388 e. The van der Waals surface area contributed by atoms with Crippen LogP contribution in [0.25, 0.3) is 11.2 Å². The lowest BCUT2D eigenvalue weighted by Gasteiger charge is -2.29. The largest absolute Gasteiger partial charge is 0.481 e. The zero-order valence-corrected chi connectivity index (χ0v) is 25.5. The number of nitrogens with two attached hydrogens (primary N) is 1. The fourth-order valence-corrected chi connectivity index (χ4v) is 7.70. The van der Waals surface area contributed by atoms with Crippen LogP contribution >= 0.6 is 15.6 Å². The number of phosphoric acid groups is 2. The normalized spacial score (nSPS) is 35.3. The summed E-state index contributed by atoms with van der Waals surface area (Å²) in [5.41, 5.74) is 5.42. The van der Waals surface area contributed by atoms with Crippen LogP contribution in [0.15, 0.2) is 29.9 Å². The van der Waals surface area contributed by atoms with Crippen LogP contribution in [-0.4, -0.2) is 123 Å². The quantitative estimate of drug-likeness (QED) is 0.109. The van der Waals surface area contributed by atoms with E-state index in [1.54, 1.807) is 12.3 Å². The lowest BCUT2D eigenvalue weighted by atomic mass is 9.90. The van der Waals surface area contributed by atoms with Gasteiger partial charge in [0.05, 0.1) is 31.6 Å². The van der Waals surface area contributed by atoms with Crippen LogP contribution in [0, 0.1) is 5.41 Å². The highest BCUT2D eigenvalue weighted by molar-refractivity contribution is 7.61. The monoisotopic (exact) mass is 688 g/mol. The van der Waals surface area contributed by atoms with Gasteiger partial charge in [-0.05, 0) is 13.0 Å². The second kappa shape index (κ2) is 11.9. The van der Waals surface area contributed by atoms with Gasteiger partial charge in [-0.15, -0.1) is 0 Å². The van der Waals surface area contributed by atoms with Gasteiger partial charge in [0.2, 0.25) is 0 Å². The zero-order chi connectivity index (χ0) is 33.2. The number of hydrogen-bond donors (Lipinski definition) is 9. The van der Waals surface area contributed by atoms with Crippen molar-refractivity contribution in [2.24, 2.45) is 4.99 Å². The minimum absolute atomic E-state index is 0.0128. The van der Waals surface area contributed by atoms with E-state index in [1.165, 1.54) is 24.0 Å². The standard InChI is InChI=1S/C23H30N8O13P2/c1-23(31-8-30-14-21(25)28-7-29-22(14)31)19(35)16(33)12(43-23)6-41-46(38,39)44-45(36,37)40-5-11-15(32)17(34)18(42-11)10-4-27-20(24)9-2-3-26-13(9)10/h2-4,7-8,10-12,15-19,24,26,32-35H,5-6H2,1H3,(H,36,37)(H,38,39)(H2,25,28,29)/t10?,11-,12+,15?,16?,17+,18+,19-,23+/m1/s1. The molecule has 11 atom stereocenters. The lowest BCUT2D eigenvalue weighted by molar-refractivity contribution is -0.131. The third kappa shape index (κ3) is 5.84. The van der Waals surface area contributed by atoms with Crippen molar-refractivity contribution in [2.45, 2.75) is 61.3 Å². The summed E-state index contributed by atoms with van der Waals surface area (Å²) in [6, 6.07) is 1.61. The van der Waals surface area contributed by atoms with Gasteiger partial charge < -0.3 is 50.4 Å². The summed E-state index contributed by atoms with van der Waals surface area (Å²) < 4.78 is 51.7. The Bertz CT molecular complexity index is 1770. The number of H-pyrrole nitrogens is 1. The molecule has 2 saturated heterocycles. The minimum atomic E-state index is -5.38. The molecule has 21 nitrogen and oxygen atoms in total. The Kier molecular flexibility index (Phi) is 8.52. The molecule has 3 aromatic heterocycles. The molecule has 0 aromatic carbocycles. The summed E-state index contributed by atoms with van der Waals surface area (Å²) in [6.07, 6.45) is -5.00. The maximum absolute atomic E-state index is 12.6. The highest BCUT2D eigenvalue weighted by Gasteiger charge is 2.54. The van der Waals surface area contributed by atoms with E-state index in [0.29, 0.717) is 11.3 Å². The molecule has 46 heavy (non-hydrogen) atoms. The van der Waals surface area contributed by atoms with E-state index >= 15 is 0 Å². The SMILES string of the molecule is C[C@]1(n2cnc3c(N)ncnc32)O[C@@H](COP(=O)(O)OP(=O)(O)OC[C@H]2O[C@@H](C3C=NC(=N)c4cc[nH]c43)[C@@H](O)C2O)C(O)[C@H]1O. The number of aromatic nitrogens is 5. The maximum atomic E-state index is 12.6. The van der Waals surface area contributed by atoms with Crippen LogP contribution in [0.1, 0.15) is 24.1 Å². The van der Waals surface area contributed by atoms with E-state index in [1.807, 2.05) is 0 Å². The number of hydrogen-bond acceptors (Lipinski definition) is 16. The first kappa shape index (κ1) is 32.9. The average molecular weight is 688 g/mol. The average Bonchev–Trinajstić information content (AvgIpc) is 3.76. The molecule has 3 aliphatic rings. The molecule has 0 bridgehead atoms. The summed E-state index contributed by atoms with van der Waals surface area (Å²) in [6.45, 7) is -0.373. The van der Waals surface area contributed by atoms with Gasteiger partial charge in [-0.2, -0.15) is 4.31 Å². The maximum Gasteiger partial charge on any atom is 0.481 e. The van der Waals surface area contributed by atoms with Crippen molar-refractivity contribution in [3.05, 3.63) is 36.2 Å². The predicted octanol–water partition coefficient (Wildman–Crippen LogP) is -1.54. The van der Waals surface area contributed by atoms with Crippen molar-refractivity contribution in [1.82, 2.24) is 24.5 Å². The predicted molar refractivity (Wildman–Crippen MR) is 152 cm³/mol. The van der Waals surface area contributed by atoms with E-state index in [-0.39, 0.29) is 22.8 Å². The van der Waals surface area contributed by atoms with Crippen molar-refractivity contribution >= 4 is 44.7 Å². The van der Waals surface area contributed by atoms with E-state index in [2.05, 4.69) is 29.2 Å². The molecule has 23 heteroatoms. The molecular weight excluding hydrogens is 658 g/mol. The Hall–Kier alpha value is -3.01. The second-order valence-corrected chi connectivity index (χ2v) is 13.9. The van der Waals surface area contributed by atoms with Gasteiger partial charge in [0.15, 0.2) is 23.0 Å². The number of aliphatic hydroxyl groups is 4. The molecule has 5 unspecified atom stereocenters. The molecule has 0 spiro atoms. The summed E-state index contributed by atoms with van der Waals surface area (Å²) >= 11 is 0. The number of imidazole rings is 1. The van der Waals surface area contributed by atoms with Gasteiger partial charge in [0.25, 0.3) is 0 Å². The third-order valence-corrected chi connectivity index (χ3v) is 10.6. The van der Waals surface area contributed by atoms with Crippen molar-refractivity contribution < 1.29 is 62.2 Å². The Morgan fingerprint density at radius 1 is 1.07 bits per heavy atom. The van der Waals surface area contributed by atoms with E-state index < -0.39 is 83.2 Å². The molecule has 0 saturated carbocycles. The molecule has 250 valence electrons. The number of aliphatic imine (C=N–C) groups is 1. The Morgan fingerprint density at radius 3 is 2.48 bits per heavy atom.